The van der Waals surface area contributed by atoms with Crippen LogP contribution in [0.25, 0.3) is 0 Å². The standard InChI is InChI=1S/C16H23FN2O3/c1-10(2)6-15(21)19-14-5-4-12(7-13(14)17)16(22)18-8-11(3)9-20/h4-5,7,10-11,20H,6,8-9H2,1-3H3,(H,18,22)(H,19,21). The molecule has 1 aromatic carbocycles. The van der Waals surface area contributed by atoms with Crippen molar-refractivity contribution in [2.24, 2.45) is 11.8 Å². The summed E-state index contributed by atoms with van der Waals surface area (Å²) in [6.07, 6.45) is 0.306. The zero-order valence-corrected chi connectivity index (χ0v) is 13.1. The van der Waals surface area contributed by atoms with Gasteiger partial charge in [0.1, 0.15) is 5.82 Å². The molecule has 5 nitrogen and oxygen atoms in total. The van der Waals surface area contributed by atoms with Crippen LogP contribution in [0.5, 0.6) is 0 Å². The van der Waals surface area contributed by atoms with Crippen molar-refractivity contribution in [2.75, 3.05) is 18.5 Å². The molecule has 1 aromatic rings. The summed E-state index contributed by atoms with van der Waals surface area (Å²) in [7, 11) is 0. The van der Waals surface area contributed by atoms with E-state index in [2.05, 4.69) is 10.6 Å². The minimum absolute atomic E-state index is 0.0323. The molecule has 0 bridgehead atoms. The lowest BCUT2D eigenvalue weighted by atomic mass is 10.1. The van der Waals surface area contributed by atoms with Crippen molar-refractivity contribution in [2.45, 2.75) is 27.2 Å². The van der Waals surface area contributed by atoms with Gasteiger partial charge >= 0.3 is 0 Å². The highest BCUT2D eigenvalue weighted by molar-refractivity contribution is 5.96. The molecule has 1 atom stereocenters. The van der Waals surface area contributed by atoms with Gasteiger partial charge in [-0.2, -0.15) is 0 Å². The second kappa shape index (κ2) is 8.48. The highest BCUT2D eigenvalue weighted by Gasteiger charge is 2.13. The van der Waals surface area contributed by atoms with Crippen molar-refractivity contribution in [1.82, 2.24) is 5.32 Å². The average molecular weight is 310 g/mol. The first kappa shape index (κ1) is 18.1. The summed E-state index contributed by atoms with van der Waals surface area (Å²) in [5.74, 6) is -1.22. The first-order valence-corrected chi connectivity index (χ1v) is 7.32. The lowest BCUT2D eigenvalue weighted by Gasteiger charge is -2.11. The van der Waals surface area contributed by atoms with E-state index in [0.29, 0.717) is 13.0 Å². The fourth-order valence-corrected chi connectivity index (χ4v) is 1.76. The van der Waals surface area contributed by atoms with Gasteiger partial charge < -0.3 is 15.7 Å². The number of carbonyl (C=O) groups excluding carboxylic acids is 2. The number of hydrogen-bond acceptors (Lipinski definition) is 3. The largest absolute Gasteiger partial charge is 0.396 e. The Bertz CT molecular complexity index is 532. The van der Waals surface area contributed by atoms with Gasteiger partial charge in [0.15, 0.2) is 0 Å². The number of aliphatic hydroxyl groups is 1. The van der Waals surface area contributed by atoms with Crippen LogP contribution in [0.2, 0.25) is 0 Å². The molecule has 1 rings (SSSR count). The van der Waals surface area contributed by atoms with Gasteiger partial charge in [0, 0.05) is 25.1 Å². The number of anilines is 1. The molecule has 0 fully saturated rings. The first-order valence-electron chi connectivity index (χ1n) is 7.32. The molecule has 0 radical (unpaired) electrons. The van der Waals surface area contributed by atoms with Crippen molar-refractivity contribution in [3.8, 4) is 0 Å². The zero-order chi connectivity index (χ0) is 16.7. The van der Waals surface area contributed by atoms with Crippen molar-refractivity contribution in [3.05, 3.63) is 29.6 Å². The summed E-state index contributed by atoms with van der Waals surface area (Å²) in [6.45, 7) is 5.86. The van der Waals surface area contributed by atoms with E-state index in [4.69, 9.17) is 5.11 Å². The third kappa shape index (κ3) is 5.81. The lowest BCUT2D eigenvalue weighted by Crippen LogP contribution is -2.29. The number of nitrogens with one attached hydrogen (secondary N) is 2. The van der Waals surface area contributed by atoms with Crippen molar-refractivity contribution in [3.63, 3.8) is 0 Å². The Balaban J connectivity index is 2.68. The first-order chi connectivity index (χ1) is 10.3. The number of halogens is 1. The smallest absolute Gasteiger partial charge is 0.251 e. The number of benzene rings is 1. The van der Waals surface area contributed by atoms with E-state index in [9.17, 15) is 14.0 Å². The molecular weight excluding hydrogens is 287 g/mol. The Morgan fingerprint density at radius 1 is 1.27 bits per heavy atom. The molecule has 0 saturated carbocycles. The number of aliphatic hydroxyl groups excluding tert-OH is 1. The third-order valence-electron chi connectivity index (χ3n) is 3.02. The minimum Gasteiger partial charge on any atom is -0.396 e. The van der Waals surface area contributed by atoms with Crippen LogP contribution in [0.4, 0.5) is 10.1 Å². The summed E-state index contributed by atoms with van der Waals surface area (Å²) < 4.78 is 13.9. The maximum atomic E-state index is 13.9. The summed E-state index contributed by atoms with van der Waals surface area (Å²) in [6, 6.07) is 3.91. The number of rotatable bonds is 7. The second-order valence-corrected chi connectivity index (χ2v) is 5.84. The van der Waals surface area contributed by atoms with Gasteiger partial charge in [-0.3, -0.25) is 9.59 Å². The van der Waals surface area contributed by atoms with Crippen molar-refractivity contribution < 1.29 is 19.1 Å². The summed E-state index contributed by atoms with van der Waals surface area (Å²) in [5.41, 5.74) is 0.232. The average Bonchev–Trinajstić information content (AvgIpc) is 2.45. The molecule has 2 amide bonds. The molecule has 3 N–H and O–H groups in total. The van der Waals surface area contributed by atoms with Crippen LogP contribution in [0.1, 0.15) is 37.6 Å². The Hall–Kier alpha value is -1.95. The van der Waals surface area contributed by atoms with Gasteiger partial charge in [-0.15, -0.1) is 0 Å². The van der Waals surface area contributed by atoms with E-state index in [1.54, 1.807) is 6.92 Å². The Kier molecular flexibility index (Phi) is 6.98. The topological polar surface area (TPSA) is 78.4 Å². The van der Waals surface area contributed by atoms with E-state index in [-0.39, 0.29) is 35.6 Å². The molecule has 6 heteroatoms. The van der Waals surface area contributed by atoms with Crippen LogP contribution < -0.4 is 10.6 Å². The van der Waals surface area contributed by atoms with Gasteiger partial charge in [-0.25, -0.2) is 4.39 Å². The summed E-state index contributed by atoms with van der Waals surface area (Å²) in [4.78, 5) is 23.5. The molecule has 0 saturated heterocycles. The predicted molar refractivity (Wildman–Crippen MR) is 83.1 cm³/mol. The van der Waals surface area contributed by atoms with Gasteiger partial charge in [-0.1, -0.05) is 20.8 Å². The predicted octanol–water partition coefficient (Wildman–Crippen LogP) is 2.17. The van der Waals surface area contributed by atoms with E-state index in [0.717, 1.165) is 6.07 Å². The van der Waals surface area contributed by atoms with Crippen LogP contribution in [-0.4, -0.2) is 30.1 Å². The molecule has 0 aliphatic rings. The number of amides is 2. The molecule has 0 aromatic heterocycles. The van der Waals surface area contributed by atoms with Gasteiger partial charge in [0.25, 0.3) is 5.91 Å². The molecule has 1 unspecified atom stereocenters. The summed E-state index contributed by atoms with van der Waals surface area (Å²) in [5, 5.41) is 14.0. The molecule has 0 aliphatic heterocycles. The second-order valence-electron chi connectivity index (χ2n) is 5.84. The Morgan fingerprint density at radius 2 is 1.95 bits per heavy atom. The van der Waals surface area contributed by atoms with E-state index >= 15 is 0 Å². The van der Waals surface area contributed by atoms with Gasteiger partial charge in [-0.05, 0) is 30.0 Å². The molecule has 0 spiro atoms. The normalized spacial score (nSPS) is 12.1. The monoisotopic (exact) mass is 310 g/mol. The molecule has 122 valence electrons. The molecular formula is C16H23FN2O3. The van der Waals surface area contributed by atoms with Crippen LogP contribution in [-0.2, 0) is 4.79 Å². The zero-order valence-electron chi connectivity index (χ0n) is 13.1. The van der Waals surface area contributed by atoms with Crippen molar-refractivity contribution >= 4 is 17.5 Å². The lowest BCUT2D eigenvalue weighted by molar-refractivity contribution is -0.116. The maximum Gasteiger partial charge on any atom is 0.251 e. The van der Waals surface area contributed by atoms with E-state index < -0.39 is 11.7 Å². The Morgan fingerprint density at radius 3 is 2.50 bits per heavy atom. The number of carbonyl (C=O) groups is 2. The third-order valence-corrected chi connectivity index (χ3v) is 3.02. The highest BCUT2D eigenvalue weighted by Crippen LogP contribution is 2.17. The molecule has 0 heterocycles. The van der Waals surface area contributed by atoms with Crippen LogP contribution in [0, 0.1) is 17.7 Å². The van der Waals surface area contributed by atoms with Crippen LogP contribution in [0.15, 0.2) is 18.2 Å². The van der Waals surface area contributed by atoms with E-state index in [1.165, 1.54) is 12.1 Å². The highest BCUT2D eigenvalue weighted by atomic mass is 19.1. The SMILES string of the molecule is CC(C)CC(=O)Nc1ccc(C(=O)NCC(C)CO)cc1F. The van der Waals surface area contributed by atoms with Crippen molar-refractivity contribution in [1.29, 1.82) is 0 Å². The van der Waals surface area contributed by atoms with E-state index in [1.807, 2.05) is 13.8 Å². The molecule has 22 heavy (non-hydrogen) atoms. The maximum absolute atomic E-state index is 13.9. The minimum atomic E-state index is -0.653. The van der Waals surface area contributed by atoms with Crippen LogP contribution >= 0.6 is 0 Å². The van der Waals surface area contributed by atoms with Gasteiger partial charge in [0.05, 0.1) is 5.69 Å². The van der Waals surface area contributed by atoms with Gasteiger partial charge in [0.2, 0.25) is 5.91 Å². The van der Waals surface area contributed by atoms with Crippen LogP contribution in [0.3, 0.4) is 0 Å². The quantitative estimate of drug-likeness (QED) is 0.722. The number of hydrogen-bond donors (Lipinski definition) is 3. The molecule has 0 aliphatic carbocycles. The fourth-order valence-electron chi connectivity index (χ4n) is 1.76. The fraction of sp³-hybridized carbons (Fsp3) is 0.500. The Labute approximate surface area is 129 Å². The summed E-state index contributed by atoms with van der Waals surface area (Å²) >= 11 is 0.